The molecule has 24 heavy (non-hydrogen) atoms. The van der Waals surface area contributed by atoms with E-state index in [2.05, 4.69) is 33.4 Å². The Labute approximate surface area is 149 Å². The molecule has 0 aromatic heterocycles. The van der Waals surface area contributed by atoms with Gasteiger partial charge in [0.1, 0.15) is 0 Å². The average Bonchev–Trinajstić information content (AvgIpc) is 2.58. The molecule has 2 N–H and O–H groups in total. The lowest BCUT2D eigenvalue weighted by Gasteiger charge is -2.36. The Morgan fingerprint density at radius 2 is 1.96 bits per heavy atom. The van der Waals surface area contributed by atoms with Crippen LogP contribution in [0.1, 0.15) is 5.56 Å². The first-order valence-corrected chi connectivity index (χ1v) is 8.60. The maximum Gasteiger partial charge on any atom is 0.234 e. The third-order valence-electron chi connectivity index (χ3n) is 4.04. The third kappa shape index (κ3) is 5.74. The number of para-hydroxylation sites is 1. The maximum absolute atomic E-state index is 11.8. The van der Waals surface area contributed by atoms with Crippen LogP contribution in [-0.4, -0.2) is 73.8 Å². The molecule has 1 fully saturated rings. The van der Waals surface area contributed by atoms with Gasteiger partial charge >= 0.3 is 0 Å². The number of carbonyl (C=O) groups excluding carboxylic acids is 1. The third-order valence-corrected chi connectivity index (χ3v) is 4.40. The Morgan fingerprint density at radius 1 is 1.25 bits per heavy atom. The summed E-state index contributed by atoms with van der Waals surface area (Å²) in [6.07, 6.45) is 0. The second kappa shape index (κ2) is 9.56. The van der Waals surface area contributed by atoms with Gasteiger partial charge in [0.2, 0.25) is 5.91 Å². The molecule has 132 valence electrons. The molecular weight excluding hydrogens is 324 g/mol. The molecule has 1 aromatic rings. The van der Waals surface area contributed by atoms with Crippen molar-refractivity contribution in [1.29, 1.82) is 0 Å². The number of aryl methyl sites for hydroxylation is 1. The molecule has 1 heterocycles. The summed E-state index contributed by atoms with van der Waals surface area (Å²) in [5.41, 5.74) is 2.22. The highest BCUT2D eigenvalue weighted by molar-refractivity contribution is 7.80. The number of hydrogen-bond donors (Lipinski definition) is 2. The molecule has 0 spiro atoms. The van der Waals surface area contributed by atoms with Crippen LogP contribution >= 0.6 is 12.2 Å². The zero-order valence-corrected chi connectivity index (χ0v) is 15.2. The molecule has 0 atom stereocenters. The number of hydrogen-bond acceptors (Lipinski definition) is 4. The van der Waals surface area contributed by atoms with Gasteiger partial charge < -0.3 is 20.3 Å². The van der Waals surface area contributed by atoms with E-state index in [1.165, 1.54) is 5.56 Å². The fourth-order valence-electron chi connectivity index (χ4n) is 2.57. The molecule has 0 aliphatic carbocycles. The lowest BCUT2D eigenvalue weighted by Crippen LogP contribution is -2.52. The zero-order valence-electron chi connectivity index (χ0n) is 14.4. The summed E-state index contributed by atoms with van der Waals surface area (Å²) in [6, 6.07) is 8.10. The van der Waals surface area contributed by atoms with Gasteiger partial charge in [0.05, 0.1) is 13.2 Å². The van der Waals surface area contributed by atoms with E-state index >= 15 is 0 Å². The zero-order chi connectivity index (χ0) is 17.4. The fourth-order valence-corrected chi connectivity index (χ4v) is 2.86. The maximum atomic E-state index is 11.8. The van der Waals surface area contributed by atoms with E-state index in [4.69, 9.17) is 17.0 Å². The molecular formula is C17H26N4O2S. The Bertz CT molecular complexity index is 559. The van der Waals surface area contributed by atoms with Crippen molar-refractivity contribution in [1.82, 2.24) is 15.1 Å². The van der Waals surface area contributed by atoms with Crippen LogP contribution in [0.2, 0.25) is 0 Å². The summed E-state index contributed by atoms with van der Waals surface area (Å²) in [6.45, 7) is 6.88. The van der Waals surface area contributed by atoms with Gasteiger partial charge in [0, 0.05) is 45.5 Å². The normalized spacial score (nSPS) is 15.2. The number of amides is 1. The lowest BCUT2D eigenvalue weighted by atomic mass is 10.2. The van der Waals surface area contributed by atoms with Gasteiger partial charge in [-0.05, 0) is 30.8 Å². The van der Waals surface area contributed by atoms with E-state index in [9.17, 15) is 4.79 Å². The van der Waals surface area contributed by atoms with Crippen LogP contribution in [0, 0.1) is 6.92 Å². The number of piperazine rings is 1. The number of thiocarbonyl (C=S) groups is 1. The largest absolute Gasteiger partial charge is 0.383 e. The Hall–Kier alpha value is -1.70. The average molecular weight is 350 g/mol. The van der Waals surface area contributed by atoms with Crippen LogP contribution < -0.4 is 10.6 Å². The predicted octanol–water partition coefficient (Wildman–Crippen LogP) is 1.07. The second-order valence-corrected chi connectivity index (χ2v) is 6.24. The van der Waals surface area contributed by atoms with E-state index in [-0.39, 0.29) is 5.91 Å². The molecule has 2 rings (SSSR count). The number of rotatable bonds is 6. The van der Waals surface area contributed by atoms with Gasteiger partial charge in [0.25, 0.3) is 0 Å². The number of carbonyl (C=O) groups is 1. The monoisotopic (exact) mass is 350 g/mol. The summed E-state index contributed by atoms with van der Waals surface area (Å²) in [5, 5.41) is 6.91. The van der Waals surface area contributed by atoms with Gasteiger partial charge in [0.15, 0.2) is 5.11 Å². The summed E-state index contributed by atoms with van der Waals surface area (Å²) >= 11 is 5.52. The van der Waals surface area contributed by atoms with Crippen LogP contribution in [0.4, 0.5) is 5.69 Å². The van der Waals surface area contributed by atoms with E-state index in [1.54, 1.807) is 7.11 Å². The highest BCUT2D eigenvalue weighted by Gasteiger charge is 2.20. The quantitative estimate of drug-likeness (QED) is 0.591. The number of benzene rings is 1. The summed E-state index contributed by atoms with van der Waals surface area (Å²) in [5.74, 6) is 0.0427. The van der Waals surface area contributed by atoms with Crippen molar-refractivity contribution in [3.8, 4) is 0 Å². The first-order valence-electron chi connectivity index (χ1n) is 8.19. The minimum atomic E-state index is 0.0427. The molecule has 1 amide bonds. The van der Waals surface area contributed by atoms with Gasteiger partial charge in [-0.25, -0.2) is 0 Å². The number of ether oxygens (including phenoxy) is 1. The van der Waals surface area contributed by atoms with Gasteiger partial charge in [-0.2, -0.15) is 0 Å². The van der Waals surface area contributed by atoms with Crippen molar-refractivity contribution < 1.29 is 9.53 Å². The summed E-state index contributed by atoms with van der Waals surface area (Å²) in [4.78, 5) is 16.1. The Morgan fingerprint density at radius 3 is 2.62 bits per heavy atom. The second-order valence-electron chi connectivity index (χ2n) is 5.85. The van der Waals surface area contributed by atoms with E-state index in [0.717, 1.165) is 37.0 Å². The lowest BCUT2D eigenvalue weighted by molar-refractivity contribution is -0.122. The van der Waals surface area contributed by atoms with Gasteiger partial charge in [-0.1, -0.05) is 18.2 Å². The molecule has 1 aromatic carbocycles. The fraction of sp³-hybridized carbons (Fsp3) is 0.529. The van der Waals surface area contributed by atoms with Crippen LogP contribution in [0.5, 0.6) is 0 Å². The Balaban J connectivity index is 1.73. The molecule has 6 nitrogen and oxygen atoms in total. The molecule has 1 aliphatic heterocycles. The van der Waals surface area contributed by atoms with Crippen LogP contribution in [0.15, 0.2) is 24.3 Å². The van der Waals surface area contributed by atoms with Crippen molar-refractivity contribution in [3.63, 3.8) is 0 Å². The van der Waals surface area contributed by atoms with E-state index in [1.807, 2.05) is 18.2 Å². The molecule has 0 unspecified atom stereocenters. The van der Waals surface area contributed by atoms with Crippen molar-refractivity contribution in [2.75, 3.05) is 58.3 Å². The van der Waals surface area contributed by atoms with E-state index in [0.29, 0.717) is 19.7 Å². The van der Waals surface area contributed by atoms with Crippen molar-refractivity contribution in [3.05, 3.63) is 29.8 Å². The number of anilines is 1. The standard InChI is InChI=1S/C17H26N4O2S/c1-14-5-3-4-6-15(14)19-17(24)21-10-8-20(9-11-21)13-16(22)18-7-12-23-2/h3-6H,7-13H2,1-2H3,(H,18,22)(H,19,24). The molecule has 1 aliphatic rings. The van der Waals surface area contributed by atoms with Crippen LogP contribution in [-0.2, 0) is 9.53 Å². The van der Waals surface area contributed by atoms with Gasteiger partial charge in [-0.15, -0.1) is 0 Å². The first kappa shape index (κ1) is 18.6. The number of nitrogens with one attached hydrogen (secondary N) is 2. The molecule has 1 saturated heterocycles. The first-order chi connectivity index (χ1) is 11.6. The molecule has 0 radical (unpaired) electrons. The topological polar surface area (TPSA) is 56.8 Å². The van der Waals surface area contributed by atoms with Crippen LogP contribution in [0.3, 0.4) is 0 Å². The minimum absolute atomic E-state index is 0.0427. The minimum Gasteiger partial charge on any atom is -0.383 e. The van der Waals surface area contributed by atoms with Crippen LogP contribution in [0.25, 0.3) is 0 Å². The number of nitrogens with zero attached hydrogens (tertiary/aromatic N) is 2. The van der Waals surface area contributed by atoms with Gasteiger partial charge in [-0.3, -0.25) is 9.69 Å². The SMILES string of the molecule is COCCNC(=O)CN1CCN(C(=S)Nc2ccccc2C)CC1. The molecule has 0 bridgehead atoms. The Kier molecular flexibility index (Phi) is 7.42. The summed E-state index contributed by atoms with van der Waals surface area (Å²) < 4.78 is 4.92. The van der Waals surface area contributed by atoms with Crippen molar-refractivity contribution in [2.45, 2.75) is 6.92 Å². The molecule has 7 heteroatoms. The predicted molar refractivity (Wildman–Crippen MR) is 100 cm³/mol. The summed E-state index contributed by atoms with van der Waals surface area (Å²) in [7, 11) is 1.62. The smallest absolute Gasteiger partial charge is 0.234 e. The molecule has 0 saturated carbocycles. The van der Waals surface area contributed by atoms with Crippen molar-refractivity contribution in [2.24, 2.45) is 0 Å². The highest BCUT2D eigenvalue weighted by Crippen LogP contribution is 2.14. The highest BCUT2D eigenvalue weighted by atomic mass is 32.1. The number of methoxy groups -OCH3 is 1. The van der Waals surface area contributed by atoms with E-state index < -0.39 is 0 Å². The van der Waals surface area contributed by atoms with Crippen molar-refractivity contribution >= 4 is 28.9 Å².